The van der Waals surface area contributed by atoms with Gasteiger partial charge in [0.05, 0.1) is 10.5 Å². The Kier molecular flexibility index (Phi) is 6.53. The Morgan fingerprint density at radius 2 is 1.58 bits per heavy atom. The Hall–Kier alpha value is -3.55. The lowest BCUT2D eigenvalue weighted by Gasteiger charge is -2.40. The van der Waals surface area contributed by atoms with Crippen molar-refractivity contribution in [3.05, 3.63) is 106 Å². The summed E-state index contributed by atoms with van der Waals surface area (Å²) in [7, 11) is 0. The number of aliphatic imine (C=N–C) groups is 1. The second-order valence-corrected chi connectivity index (χ2v) is 7.63. The molecule has 170 valence electrons. The highest BCUT2D eigenvalue weighted by Gasteiger charge is 2.63. The van der Waals surface area contributed by atoms with Gasteiger partial charge >= 0.3 is 0 Å². The number of benzene rings is 3. The maximum Gasteiger partial charge on any atom is 0.269 e. The quantitative estimate of drug-likeness (QED) is 0.193. The van der Waals surface area contributed by atoms with Crippen LogP contribution in [0.25, 0.3) is 0 Å². The molecular weight excluding hydrogens is 420 g/mol. The van der Waals surface area contributed by atoms with Crippen LogP contribution in [-0.2, 0) is 21.7 Å². The summed E-state index contributed by atoms with van der Waals surface area (Å²) in [6.45, 7) is 4.60. The Labute approximate surface area is 192 Å². The SMILES string of the molecule is CCOC1(OCC)c2ccccc2OC1(Cc1ccccc1)/N=C/c1ccc([N+](=O)[O-])cc1. The summed E-state index contributed by atoms with van der Waals surface area (Å²) in [6.07, 6.45) is 2.05. The molecule has 1 aliphatic rings. The summed E-state index contributed by atoms with van der Waals surface area (Å²) in [5, 5.41) is 11.0. The highest BCUT2D eigenvalue weighted by molar-refractivity contribution is 5.80. The lowest BCUT2D eigenvalue weighted by Crippen LogP contribution is -2.55. The van der Waals surface area contributed by atoms with Crippen molar-refractivity contribution >= 4 is 11.9 Å². The Morgan fingerprint density at radius 1 is 0.939 bits per heavy atom. The molecule has 7 nitrogen and oxygen atoms in total. The molecule has 0 aromatic heterocycles. The summed E-state index contributed by atoms with van der Waals surface area (Å²) in [4.78, 5) is 15.5. The molecule has 0 saturated carbocycles. The molecule has 0 N–H and O–H groups in total. The molecule has 0 radical (unpaired) electrons. The average molecular weight is 447 g/mol. The maximum atomic E-state index is 11.0. The number of non-ortho nitro benzene ring substituents is 1. The van der Waals surface area contributed by atoms with E-state index in [-0.39, 0.29) is 5.69 Å². The third kappa shape index (κ3) is 4.25. The third-order valence-electron chi connectivity index (χ3n) is 5.54. The van der Waals surface area contributed by atoms with Gasteiger partial charge in [-0.3, -0.25) is 10.1 Å². The molecular formula is C26H26N2O5. The van der Waals surface area contributed by atoms with E-state index >= 15 is 0 Å². The molecule has 0 aliphatic carbocycles. The van der Waals surface area contributed by atoms with Gasteiger partial charge in [-0.25, -0.2) is 4.99 Å². The molecule has 3 aromatic carbocycles. The van der Waals surface area contributed by atoms with Crippen molar-refractivity contribution < 1.29 is 19.1 Å². The van der Waals surface area contributed by atoms with E-state index in [0.717, 1.165) is 11.1 Å². The highest BCUT2D eigenvalue weighted by atomic mass is 16.7. The summed E-state index contributed by atoms with van der Waals surface area (Å²) < 4.78 is 19.2. The normalized spacial score (nSPS) is 18.7. The van der Waals surface area contributed by atoms with Crippen LogP contribution in [0.15, 0.2) is 83.9 Å². The van der Waals surface area contributed by atoms with Crippen LogP contribution in [0.4, 0.5) is 5.69 Å². The average Bonchev–Trinajstić information content (AvgIpc) is 3.08. The van der Waals surface area contributed by atoms with E-state index in [0.29, 0.717) is 30.9 Å². The van der Waals surface area contributed by atoms with E-state index in [9.17, 15) is 10.1 Å². The second kappa shape index (κ2) is 9.52. The van der Waals surface area contributed by atoms with E-state index in [1.807, 2.05) is 68.4 Å². The topological polar surface area (TPSA) is 83.2 Å². The van der Waals surface area contributed by atoms with E-state index in [4.69, 9.17) is 19.2 Å². The fraction of sp³-hybridized carbons (Fsp3) is 0.269. The molecule has 0 spiro atoms. The molecule has 0 bridgehead atoms. The van der Waals surface area contributed by atoms with E-state index in [2.05, 4.69) is 0 Å². The van der Waals surface area contributed by atoms with Gasteiger partial charge in [0.15, 0.2) is 0 Å². The highest BCUT2D eigenvalue weighted by Crippen LogP contribution is 2.53. The van der Waals surface area contributed by atoms with Gasteiger partial charge in [-0.2, -0.15) is 0 Å². The Balaban J connectivity index is 1.85. The van der Waals surface area contributed by atoms with Crippen LogP contribution in [-0.4, -0.2) is 30.1 Å². The third-order valence-corrected chi connectivity index (χ3v) is 5.54. The van der Waals surface area contributed by atoms with Gasteiger partial charge in [-0.1, -0.05) is 42.5 Å². The minimum absolute atomic E-state index is 0.0219. The largest absolute Gasteiger partial charge is 0.459 e. The number of para-hydroxylation sites is 1. The van der Waals surface area contributed by atoms with Crippen LogP contribution >= 0.6 is 0 Å². The maximum absolute atomic E-state index is 11.0. The first kappa shape index (κ1) is 22.6. The molecule has 1 unspecified atom stereocenters. The van der Waals surface area contributed by atoms with Crippen molar-refractivity contribution in [2.45, 2.75) is 31.8 Å². The van der Waals surface area contributed by atoms with Gasteiger partial charge in [0, 0.05) is 38.0 Å². The smallest absolute Gasteiger partial charge is 0.269 e. The zero-order valence-electron chi connectivity index (χ0n) is 18.6. The summed E-state index contributed by atoms with van der Waals surface area (Å²) in [5.41, 5.74) is 1.27. The number of nitrogens with zero attached hydrogens (tertiary/aromatic N) is 2. The summed E-state index contributed by atoms with van der Waals surface area (Å²) in [5.74, 6) is -0.614. The fourth-order valence-electron chi connectivity index (χ4n) is 4.16. The van der Waals surface area contributed by atoms with Crippen LogP contribution in [0.3, 0.4) is 0 Å². The molecule has 1 atom stereocenters. The second-order valence-electron chi connectivity index (χ2n) is 7.63. The standard InChI is InChI=1S/C26H26N2O5/c1-3-31-26(32-4-2)23-12-8-9-13-24(23)33-25(26,18-20-10-6-5-7-11-20)27-19-21-14-16-22(17-15-21)28(29)30/h5-17,19H,3-4,18H2,1-2H3/b27-19+. The molecule has 0 saturated heterocycles. The van der Waals surface area contributed by atoms with Gasteiger partial charge in [0.2, 0.25) is 0 Å². The number of fused-ring (bicyclic) bond motifs is 1. The van der Waals surface area contributed by atoms with Crippen molar-refractivity contribution in [1.29, 1.82) is 0 Å². The number of nitro groups is 1. The van der Waals surface area contributed by atoms with Crippen molar-refractivity contribution in [3.63, 3.8) is 0 Å². The Bertz CT molecular complexity index is 1120. The van der Waals surface area contributed by atoms with Gasteiger partial charge in [0.25, 0.3) is 17.2 Å². The predicted octanol–water partition coefficient (Wildman–Crippen LogP) is 5.27. The molecule has 3 aromatic rings. The number of hydrogen-bond donors (Lipinski definition) is 0. The van der Waals surface area contributed by atoms with Gasteiger partial charge in [-0.05, 0) is 49.2 Å². The van der Waals surface area contributed by atoms with E-state index in [1.54, 1.807) is 18.3 Å². The Morgan fingerprint density at radius 3 is 2.21 bits per heavy atom. The molecule has 0 fully saturated rings. The number of nitro benzene ring substituents is 1. The fourth-order valence-corrected chi connectivity index (χ4v) is 4.16. The van der Waals surface area contributed by atoms with Crippen molar-refractivity contribution in [3.8, 4) is 5.75 Å². The first-order valence-corrected chi connectivity index (χ1v) is 10.9. The van der Waals surface area contributed by atoms with E-state index < -0.39 is 16.4 Å². The molecule has 7 heteroatoms. The number of hydrogen-bond acceptors (Lipinski definition) is 6. The van der Waals surface area contributed by atoms with Crippen LogP contribution in [0.1, 0.15) is 30.5 Å². The molecule has 1 aliphatic heterocycles. The number of ether oxygens (including phenoxy) is 3. The van der Waals surface area contributed by atoms with Crippen LogP contribution < -0.4 is 4.74 Å². The molecule has 0 amide bonds. The monoisotopic (exact) mass is 446 g/mol. The van der Waals surface area contributed by atoms with Crippen molar-refractivity contribution in [1.82, 2.24) is 0 Å². The molecule has 1 heterocycles. The number of rotatable bonds is 9. The zero-order chi connectivity index (χ0) is 23.3. The first-order valence-electron chi connectivity index (χ1n) is 10.9. The van der Waals surface area contributed by atoms with E-state index in [1.165, 1.54) is 12.1 Å². The minimum atomic E-state index is -1.26. The van der Waals surface area contributed by atoms with Gasteiger partial charge in [-0.15, -0.1) is 0 Å². The molecule has 33 heavy (non-hydrogen) atoms. The lowest BCUT2D eigenvalue weighted by molar-refractivity contribution is -0.384. The summed E-state index contributed by atoms with van der Waals surface area (Å²) in [6, 6.07) is 23.8. The van der Waals surface area contributed by atoms with Gasteiger partial charge < -0.3 is 14.2 Å². The molecule has 4 rings (SSSR count). The lowest BCUT2D eigenvalue weighted by atomic mass is 9.90. The van der Waals surface area contributed by atoms with Crippen molar-refractivity contribution in [2.24, 2.45) is 4.99 Å². The minimum Gasteiger partial charge on any atom is -0.459 e. The predicted molar refractivity (Wildman–Crippen MR) is 126 cm³/mol. The zero-order valence-corrected chi connectivity index (χ0v) is 18.6. The van der Waals surface area contributed by atoms with Gasteiger partial charge in [0.1, 0.15) is 5.75 Å². The van der Waals surface area contributed by atoms with Crippen LogP contribution in [0, 0.1) is 10.1 Å². The first-order chi connectivity index (χ1) is 16.0. The van der Waals surface area contributed by atoms with Crippen molar-refractivity contribution in [2.75, 3.05) is 13.2 Å². The van der Waals surface area contributed by atoms with Crippen LogP contribution in [0.5, 0.6) is 5.75 Å². The summed E-state index contributed by atoms with van der Waals surface area (Å²) >= 11 is 0. The van der Waals surface area contributed by atoms with Crippen LogP contribution in [0.2, 0.25) is 0 Å².